The van der Waals surface area contributed by atoms with Gasteiger partial charge in [0.05, 0.1) is 12.7 Å². The molecule has 3 heterocycles. The van der Waals surface area contributed by atoms with Gasteiger partial charge in [-0.15, -0.1) is 16.4 Å². The van der Waals surface area contributed by atoms with Crippen LogP contribution in [0, 0.1) is 0 Å². The molecule has 0 aliphatic carbocycles. The van der Waals surface area contributed by atoms with E-state index in [-0.39, 0.29) is 5.56 Å². The summed E-state index contributed by atoms with van der Waals surface area (Å²) in [7, 11) is 1.72. The summed E-state index contributed by atoms with van der Waals surface area (Å²) in [6, 6.07) is 0. The molecule has 0 bridgehead atoms. The maximum absolute atomic E-state index is 12.1. The van der Waals surface area contributed by atoms with Gasteiger partial charge in [0, 0.05) is 18.6 Å². The van der Waals surface area contributed by atoms with Crippen LogP contribution in [0.3, 0.4) is 0 Å². The summed E-state index contributed by atoms with van der Waals surface area (Å²) in [5, 5.41) is 15.0. The Morgan fingerprint density at radius 1 is 1.47 bits per heavy atom. The largest absolute Gasteiger partial charge is 0.281 e. The predicted octanol–water partition coefficient (Wildman–Crippen LogP) is 0.0298. The molecule has 0 saturated carbocycles. The fourth-order valence-corrected chi connectivity index (χ4v) is 2.14. The van der Waals surface area contributed by atoms with Crippen LogP contribution in [0.4, 0.5) is 0 Å². The van der Waals surface area contributed by atoms with Gasteiger partial charge in [0.1, 0.15) is 10.4 Å². The van der Waals surface area contributed by atoms with Gasteiger partial charge in [-0.25, -0.2) is 14.3 Å². The van der Waals surface area contributed by atoms with Crippen LogP contribution in [0.1, 0.15) is 5.01 Å². The van der Waals surface area contributed by atoms with Gasteiger partial charge >= 0.3 is 0 Å². The van der Waals surface area contributed by atoms with Crippen molar-refractivity contribution in [3.63, 3.8) is 0 Å². The summed E-state index contributed by atoms with van der Waals surface area (Å²) in [6.07, 6.45) is 3.20. The van der Waals surface area contributed by atoms with Crippen LogP contribution >= 0.6 is 11.3 Å². The molecule has 3 aromatic heterocycles. The summed E-state index contributed by atoms with van der Waals surface area (Å²) in [4.78, 5) is 16.2. The summed E-state index contributed by atoms with van der Waals surface area (Å²) in [6.45, 7) is 0.342. The van der Waals surface area contributed by atoms with E-state index in [0.717, 1.165) is 5.01 Å². The molecule has 0 radical (unpaired) electrons. The van der Waals surface area contributed by atoms with Crippen LogP contribution in [0.5, 0.6) is 0 Å². The lowest BCUT2D eigenvalue weighted by molar-refractivity contribution is 0.593. The van der Waals surface area contributed by atoms with E-state index >= 15 is 0 Å². The molecule has 8 heteroatoms. The molecule has 0 N–H and O–H groups in total. The van der Waals surface area contributed by atoms with Gasteiger partial charge in [-0.3, -0.25) is 4.79 Å². The zero-order valence-corrected chi connectivity index (χ0v) is 9.76. The van der Waals surface area contributed by atoms with E-state index < -0.39 is 0 Å². The third-order valence-corrected chi connectivity index (χ3v) is 3.15. The molecule has 0 unspecified atom stereocenters. The summed E-state index contributed by atoms with van der Waals surface area (Å²) in [5.74, 6) is 0. The average Bonchev–Trinajstić information content (AvgIpc) is 2.93. The van der Waals surface area contributed by atoms with Crippen molar-refractivity contribution in [1.29, 1.82) is 0 Å². The fourth-order valence-electron chi connectivity index (χ4n) is 1.54. The Hall–Kier alpha value is -2.09. The highest BCUT2D eigenvalue weighted by Crippen LogP contribution is 2.06. The molecule has 17 heavy (non-hydrogen) atoms. The highest BCUT2D eigenvalue weighted by Gasteiger charge is 2.10. The third-order valence-electron chi connectivity index (χ3n) is 2.39. The Morgan fingerprint density at radius 3 is 3.12 bits per heavy atom. The van der Waals surface area contributed by atoms with Gasteiger partial charge in [0.2, 0.25) is 0 Å². The highest BCUT2D eigenvalue weighted by atomic mass is 32.1. The second-order valence-electron chi connectivity index (χ2n) is 3.48. The summed E-state index contributed by atoms with van der Waals surface area (Å²) in [5.41, 5.74) is 0.295. The van der Waals surface area contributed by atoms with E-state index in [2.05, 4.69) is 20.4 Å². The second kappa shape index (κ2) is 3.74. The number of nitrogens with zero attached hydrogens (tertiary/aromatic N) is 6. The van der Waals surface area contributed by atoms with Gasteiger partial charge in [0.15, 0.2) is 5.65 Å². The Bertz CT molecular complexity index is 713. The number of fused-ring (bicyclic) bond motifs is 1. The molecule has 3 rings (SSSR count). The van der Waals surface area contributed by atoms with Crippen LogP contribution in [0.2, 0.25) is 0 Å². The Labute approximate surface area is 99.3 Å². The number of hydrogen-bond acceptors (Lipinski definition) is 6. The molecular weight excluding hydrogens is 240 g/mol. The van der Waals surface area contributed by atoms with Gasteiger partial charge < -0.3 is 0 Å². The number of rotatable bonds is 2. The minimum absolute atomic E-state index is 0.196. The van der Waals surface area contributed by atoms with Crippen LogP contribution in [-0.4, -0.2) is 29.8 Å². The molecule has 0 saturated heterocycles. The van der Waals surface area contributed by atoms with E-state index in [1.807, 2.05) is 5.38 Å². The summed E-state index contributed by atoms with van der Waals surface area (Å²) >= 11 is 1.48. The van der Waals surface area contributed by atoms with Crippen LogP contribution < -0.4 is 5.56 Å². The minimum Gasteiger partial charge on any atom is -0.267 e. The molecule has 0 aliphatic heterocycles. The standard InChI is InChI=1S/C9H8N6OS/c1-14-8-6(4-11-14)9(16)15(13-12-8)5-7-10-2-3-17-7/h2-4H,5H2,1H3. The Morgan fingerprint density at radius 2 is 2.35 bits per heavy atom. The number of thiazole rings is 1. The molecule has 3 aromatic rings. The van der Waals surface area contributed by atoms with Crippen LogP contribution in [0.15, 0.2) is 22.6 Å². The molecule has 0 aromatic carbocycles. The van der Waals surface area contributed by atoms with Crippen molar-refractivity contribution in [2.75, 3.05) is 0 Å². The lowest BCUT2D eigenvalue weighted by Gasteiger charge is -2.00. The molecule has 0 amide bonds. The van der Waals surface area contributed by atoms with E-state index in [0.29, 0.717) is 17.6 Å². The van der Waals surface area contributed by atoms with E-state index in [1.165, 1.54) is 26.9 Å². The van der Waals surface area contributed by atoms with Crippen molar-refractivity contribution in [3.05, 3.63) is 33.1 Å². The molecule has 0 fully saturated rings. The number of hydrogen-bond donors (Lipinski definition) is 0. The van der Waals surface area contributed by atoms with Crippen molar-refractivity contribution < 1.29 is 0 Å². The highest BCUT2D eigenvalue weighted by molar-refractivity contribution is 7.09. The van der Waals surface area contributed by atoms with Gasteiger partial charge in [0.25, 0.3) is 5.56 Å². The second-order valence-corrected chi connectivity index (χ2v) is 4.46. The predicted molar refractivity (Wildman–Crippen MR) is 61.8 cm³/mol. The van der Waals surface area contributed by atoms with Crippen molar-refractivity contribution in [3.8, 4) is 0 Å². The first-order chi connectivity index (χ1) is 8.25. The molecule has 7 nitrogen and oxygen atoms in total. The molecule has 86 valence electrons. The quantitative estimate of drug-likeness (QED) is 0.639. The first-order valence-electron chi connectivity index (χ1n) is 4.89. The van der Waals surface area contributed by atoms with Gasteiger partial charge in [-0.1, -0.05) is 5.21 Å². The van der Waals surface area contributed by atoms with Gasteiger partial charge in [-0.2, -0.15) is 5.10 Å². The topological polar surface area (TPSA) is 78.5 Å². The minimum atomic E-state index is -0.196. The zero-order valence-electron chi connectivity index (χ0n) is 8.94. The lowest BCUT2D eigenvalue weighted by Crippen LogP contribution is -2.24. The maximum Gasteiger partial charge on any atom is 0.281 e. The Balaban J connectivity index is 2.12. The first-order valence-corrected chi connectivity index (χ1v) is 5.77. The average molecular weight is 248 g/mol. The van der Waals surface area contributed by atoms with Crippen LogP contribution in [0.25, 0.3) is 11.0 Å². The van der Waals surface area contributed by atoms with E-state index in [4.69, 9.17) is 0 Å². The lowest BCUT2D eigenvalue weighted by atomic mass is 10.4. The van der Waals surface area contributed by atoms with E-state index in [9.17, 15) is 4.79 Å². The van der Waals surface area contributed by atoms with Crippen molar-refractivity contribution >= 4 is 22.4 Å². The number of aryl methyl sites for hydroxylation is 1. The third kappa shape index (κ3) is 1.62. The van der Waals surface area contributed by atoms with Gasteiger partial charge in [-0.05, 0) is 0 Å². The van der Waals surface area contributed by atoms with Crippen molar-refractivity contribution in [2.24, 2.45) is 7.05 Å². The zero-order chi connectivity index (χ0) is 11.8. The Kier molecular flexibility index (Phi) is 2.22. The fraction of sp³-hybridized carbons (Fsp3) is 0.222. The SMILES string of the molecule is Cn1ncc2c(=O)n(Cc3nccs3)nnc21. The normalized spacial score (nSPS) is 11.1. The molecule has 0 atom stereocenters. The number of aromatic nitrogens is 6. The monoisotopic (exact) mass is 248 g/mol. The maximum atomic E-state index is 12.1. The van der Waals surface area contributed by atoms with Crippen LogP contribution in [-0.2, 0) is 13.6 Å². The molecule has 0 aliphatic rings. The smallest absolute Gasteiger partial charge is 0.267 e. The molecular formula is C9H8N6OS. The van der Waals surface area contributed by atoms with Crippen molar-refractivity contribution in [1.82, 2.24) is 29.8 Å². The first kappa shape index (κ1) is 10.1. The molecule has 0 spiro atoms. The summed E-state index contributed by atoms with van der Waals surface area (Å²) < 4.78 is 2.82. The van der Waals surface area contributed by atoms with Crippen molar-refractivity contribution in [2.45, 2.75) is 6.54 Å². The van der Waals surface area contributed by atoms with E-state index in [1.54, 1.807) is 13.2 Å².